The number of fused-ring (bicyclic) bond motifs is 3. The second-order valence-electron chi connectivity index (χ2n) is 9.46. The molecular formula is C23H26N4O9. The van der Waals surface area contributed by atoms with Gasteiger partial charge in [0.1, 0.15) is 22.8 Å². The third kappa shape index (κ3) is 3.06. The number of nitrogens with two attached hydrogens (primary N) is 2. The molecule has 1 saturated carbocycles. The van der Waals surface area contributed by atoms with Gasteiger partial charge in [-0.05, 0) is 31.6 Å². The molecule has 0 heterocycles. The Kier molecular flexibility index (Phi) is 5.62. The number of anilines is 1. The van der Waals surface area contributed by atoms with Crippen LogP contribution in [-0.4, -0.2) is 85.8 Å². The molecule has 3 aliphatic carbocycles. The molecule has 0 radical (unpaired) electrons. The fourth-order valence-corrected chi connectivity index (χ4v) is 5.85. The van der Waals surface area contributed by atoms with Gasteiger partial charge in [-0.15, -0.1) is 0 Å². The van der Waals surface area contributed by atoms with E-state index in [-0.39, 0.29) is 11.3 Å². The van der Waals surface area contributed by atoms with E-state index in [2.05, 4.69) is 5.32 Å². The minimum atomic E-state index is -3.00. The fourth-order valence-electron chi connectivity index (χ4n) is 5.85. The molecule has 13 heteroatoms. The molecule has 36 heavy (non-hydrogen) atoms. The van der Waals surface area contributed by atoms with Gasteiger partial charge in [-0.25, -0.2) is 4.79 Å². The molecule has 3 aliphatic rings. The molecule has 192 valence electrons. The number of Topliss-reactive ketones (excluding diaryl/α,β-unsaturated/α-hetero) is 2. The van der Waals surface area contributed by atoms with E-state index in [0.29, 0.717) is 5.56 Å². The molecule has 3 amide bonds. The Bertz CT molecular complexity index is 1300. The van der Waals surface area contributed by atoms with Crippen molar-refractivity contribution in [2.24, 2.45) is 23.3 Å². The summed E-state index contributed by atoms with van der Waals surface area (Å²) in [5, 5.41) is 58.0. The zero-order valence-corrected chi connectivity index (χ0v) is 19.5. The van der Waals surface area contributed by atoms with Crippen molar-refractivity contribution in [3.63, 3.8) is 0 Å². The first-order chi connectivity index (χ1) is 16.7. The van der Waals surface area contributed by atoms with E-state index < -0.39 is 87.4 Å². The zero-order chi connectivity index (χ0) is 27.0. The number of aliphatic hydroxyl groups excluding tert-OH is 3. The molecule has 1 aromatic rings. The van der Waals surface area contributed by atoms with Crippen LogP contribution in [0.5, 0.6) is 5.75 Å². The lowest BCUT2D eigenvalue weighted by atomic mass is 9.54. The van der Waals surface area contributed by atoms with Gasteiger partial charge in [0.05, 0.1) is 29.3 Å². The summed E-state index contributed by atoms with van der Waals surface area (Å²) in [4.78, 5) is 51.5. The van der Waals surface area contributed by atoms with Crippen LogP contribution in [0.15, 0.2) is 29.0 Å². The van der Waals surface area contributed by atoms with Crippen molar-refractivity contribution in [3.8, 4) is 5.75 Å². The Morgan fingerprint density at radius 2 is 1.72 bits per heavy atom. The Morgan fingerprint density at radius 1 is 1.11 bits per heavy atom. The molecular weight excluding hydrogens is 476 g/mol. The zero-order valence-electron chi connectivity index (χ0n) is 19.5. The van der Waals surface area contributed by atoms with Gasteiger partial charge in [0.2, 0.25) is 5.78 Å². The van der Waals surface area contributed by atoms with Crippen LogP contribution < -0.4 is 16.8 Å². The number of carbonyl (C=O) groups is 4. The maximum absolute atomic E-state index is 13.8. The molecule has 1 aromatic carbocycles. The summed E-state index contributed by atoms with van der Waals surface area (Å²) in [6.07, 6.45) is -1.69. The van der Waals surface area contributed by atoms with Crippen molar-refractivity contribution >= 4 is 35.0 Å². The summed E-state index contributed by atoms with van der Waals surface area (Å²) in [6.45, 7) is 1.59. The number of urea groups is 1. The maximum Gasteiger partial charge on any atom is 0.316 e. The number of phenols is 1. The third-order valence-electron chi connectivity index (χ3n) is 7.39. The average Bonchev–Trinajstić information content (AvgIpc) is 2.77. The summed E-state index contributed by atoms with van der Waals surface area (Å²) in [6, 6.07) is 0.339. The number of nitrogens with one attached hydrogen (secondary N) is 1. The number of amides is 3. The van der Waals surface area contributed by atoms with Gasteiger partial charge in [0.25, 0.3) is 5.91 Å². The molecule has 6 atom stereocenters. The minimum absolute atomic E-state index is 0.172. The van der Waals surface area contributed by atoms with Crippen molar-refractivity contribution in [1.29, 1.82) is 0 Å². The number of aliphatic hydroxyl groups is 4. The van der Waals surface area contributed by atoms with Crippen molar-refractivity contribution in [3.05, 3.63) is 40.2 Å². The van der Waals surface area contributed by atoms with Crippen LogP contribution in [0.4, 0.5) is 10.5 Å². The van der Waals surface area contributed by atoms with E-state index in [9.17, 15) is 44.7 Å². The van der Waals surface area contributed by atoms with Crippen LogP contribution in [-0.2, 0) is 14.4 Å². The monoisotopic (exact) mass is 502 g/mol. The molecule has 1 fully saturated rings. The highest BCUT2D eigenvalue weighted by molar-refractivity contribution is 6.24. The first kappa shape index (κ1) is 25.2. The highest BCUT2D eigenvalue weighted by Gasteiger charge is 2.68. The lowest BCUT2D eigenvalue weighted by molar-refractivity contribution is -0.169. The quantitative estimate of drug-likeness (QED) is 0.185. The third-order valence-corrected chi connectivity index (χ3v) is 7.39. The second-order valence-corrected chi connectivity index (χ2v) is 9.46. The largest absolute Gasteiger partial charge is 0.508 e. The highest BCUT2D eigenvalue weighted by atomic mass is 16.4. The lowest BCUT2D eigenvalue weighted by Gasteiger charge is -2.53. The average molecular weight is 502 g/mol. The number of hydrogen-bond donors (Lipinski definition) is 8. The maximum atomic E-state index is 13.8. The number of primary amides is 2. The molecule has 0 aliphatic heterocycles. The first-order valence-electron chi connectivity index (χ1n) is 10.9. The molecule has 10 N–H and O–H groups in total. The van der Waals surface area contributed by atoms with E-state index >= 15 is 0 Å². The van der Waals surface area contributed by atoms with Gasteiger partial charge in [0, 0.05) is 11.5 Å². The number of aromatic hydroxyl groups is 1. The highest BCUT2D eigenvalue weighted by Crippen LogP contribution is 2.56. The number of ketones is 2. The predicted molar refractivity (Wildman–Crippen MR) is 124 cm³/mol. The normalized spacial score (nSPS) is 31.7. The number of benzene rings is 1. The van der Waals surface area contributed by atoms with E-state index in [0.717, 1.165) is 0 Å². The number of carbonyl (C=O) groups excluding carboxylic acids is 4. The van der Waals surface area contributed by atoms with Gasteiger partial charge in [-0.3, -0.25) is 19.3 Å². The SMILES string of the molecule is C[C@@H]1c2ccc(NC(N)=O)c(O)c2C(O)=C2C(=O)[C@@]3(O)C(O)=C(C(N)=O)C(=O)[C@H](N(C)C)[C@H]3[C@H](O)[C@H]21. The fraction of sp³-hybridized carbons (Fsp3) is 0.391. The van der Waals surface area contributed by atoms with Crippen molar-refractivity contribution in [2.45, 2.75) is 30.6 Å². The van der Waals surface area contributed by atoms with Crippen molar-refractivity contribution in [1.82, 2.24) is 4.90 Å². The molecule has 0 aromatic heterocycles. The van der Waals surface area contributed by atoms with E-state index in [4.69, 9.17) is 11.5 Å². The van der Waals surface area contributed by atoms with Crippen molar-refractivity contribution < 1.29 is 44.7 Å². The Labute approximate surface area is 204 Å². The van der Waals surface area contributed by atoms with Gasteiger partial charge >= 0.3 is 6.03 Å². The lowest BCUT2D eigenvalue weighted by Crippen LogP contribution is -2.70. The minimum Gasteiger partial charge on any atom is -0.508 e. The summed E-state index contributed by atoms with van der Waals surface area (Å²) in [7, 11) is 2.85. The van der Waals surface area contributed by atoms with Gasteiger partial charge in [-0.2, -0.15) is 0 Å². The molecule has 0 spiro atoms. The summed E-state index contributed by atoms with van der Waals surface area (Å²) < 4.78 is 0. The van der Waals surface area contributed by atoms with Gasteiger partial charge in [0.15, 0.2) is 11.4 Å². The molecule has 4 rings (SSSR count). The first-order valence-corrected chi connectivity index (χ1v) is 10.9. The summed E-state index contributed by atoms with van der Waals surface area (Å²) >= 11 is 0. The number of likely N-dealkylation sites (N-methyl/N-ethyl adjacent to an activating group) is 1. The van der Waals surface area contributed by atoms with Crippen LogP contribution in [0, 0.1) is 11.8 Å². The smallest absolute Gasteiger partial charge is 0.316 e. The van der Waals surface area contributed by atoms with Crippen LogP contribution >= 0.6 is 0 Å². The number of phenolic OH excluding ortho intramolecular Hbond substituents is 1. The molecule has 0 bridgehead atoms. The number of rotatable bonds is 3. The molecule has 0 saturated heterocycles. The van der Waals surface area contributed by atoms with E-state index in [1.807, 2.05) is 0 Å². The van der Waals surface area contributed by atoms with Crippen LogP contribution in [0.2, 0.25) is 0 Å². The Balaban J connectivity index is 2.04. The van der Waals surface area contributed by atoms with Crippen LogP contribution in [0.3, 0.4) is 0 Å². The standard InChI is InChI=1S/C23H26N4O9/c1-6-7-4-5-8(26-22(25)35)15(28)10(7)16(29)11-9(6)17(30)13-14(27(2)3)18(31)12(21(24)34)20(33)23(13,36)19(11)32/h4-6,9,13-14,17,28-30,33,36H,1-3H3,(H2,24,34)(H3,25,26,35)/t6-,9+,13+,14-,17-,23-/m1/s1. The number of hydrogen-bond acceptors (Lipinski definition) is 10. The second kappa shape index (κ2) is 8.05. The van der Waals surface area contributed by atoms with Crippen LogP contribution in [0.1, 0.15) is 24.0 Å². The van der Waals surface area contributed by atoms with Crippen LogP contribution in [0.25, 0.3) is 5.76 Å². The Morgan fingerprint density at radius 3 is 2.25 bits per heavy atom. The predicted octanol–water partition coefficient (Wildman–Crippen LogP) is -1.01. The topological polar surface area (TPSA) is 237 Å². The summed E-state index contributed by atoms with van der Waals surface area (Å²) in [5.74, 6) is -9.98. The Hall–Kier alpha value is -3.94. The summed E-state index contributed by atoms with van der Waals surface area (Å²) in [5.41, 5.74) is 5.73. The van der Waals surface area contributed by atoms with Gasteiger partial charge in [-0.1, -0.05) is 13.0 Å². The number of nitrogens with zero attached hydrogens (tertiary/aromatic N) is 1. The van der Waals surface area contributed by atoms with Gasteiger partial charge < -0.3 is 42.3 Å². The van der Waals surface area contributed by atoms with Crippen molar-refractivity contribution in [2.75, 3.05) is 19.4 Å². The van der Waals surface area contributed by atoms with E-state index in [1.54, 1.807) is 6.92 Å². The van der Waals surface area contributed by atoms with E-state index in [1.165, 1.54) is 31.1 Å². The molecule has 0 unspecified atom stereocenters. The molecule has 13 nitrogen and oxygen atoms in total.